The Balaban J connectivity index is 2.16. The fourth-order valence-corrected chi connectivity index (χ4v) is 7.33. The van der Waals surface area contributed by atoms with Gasteiger partial charge in [-0.15, -0.1) is 0 Å². The molecule has 34 heavy (non-hydrogen) atoms. The summed E-state index contributed by atoms with van der Waals surface area (Å²) < 4.78 is 56.1. The van der Waals surface area contributed by atoms with Crippen LogP contribution in [0.3, 0.4) is 0 Å². The second-order valence-electron chi connectivity index (χ2n) is 9.76. The van der Waals surface area contributed by atoms with E-state index in [1.54, 1.807) is 60.7 Å². The third-order valence-electron chi connectivity index (χ3n) is 5.92. The van der Waals surface area contributed by atoms with Gasteiger partial charge in [0.25, 0.3) is 10.0 Å². The first-order valence-corrected chi connectivity index (χ1v) is 14.1. The van der Waals surface area contributed by atoms with E-state index in [4.69, 9.17) is 0 Å². The highest BCUT2D eigenvalue weighted by Gasteiger charge is 2.37. The van der Waals surface area contributed by atoms with Crippen LogP contribution in [-0.2, 0) is 25.3 Å². The first-order chi connectivity index (χ1) is 15.8. The van der Waals surface area contributed by atoms with E-state index < -0.39 is 19.9 Å². The monoisotopic (exact) mass is 495 g/mol. The minimum atomic E-state index is -3.95. The van der Waals surface area contributed by atoms with Crippen LogP contribution in [0, 0.1) is 0 Å². The highest BCUT2D eigenvalue weighted by molar-refractivity contribution is 7.94. The zero-order valence-corrected chi connectivity index (χ0v) is 21.6. The molecule has 3 aromatic rings. The number of anilines is 1. The van der Waals surface area contributed by atoms with Crippen molar-refractivity contribution in [2.24, 2.45) is 0 Å². The van der Waals surface area contributed by atoms with Gasteiger partial charge >= 0.3 is 0 Å². The van der Waals surface area contributed by atoms with E-state index in [2.05, 4.69) is 0 Å². The average Bonchev–Trinajstić information content (AvgIpc) is 2.84. The predicted octanol–water partition coefficient (Wildman–Crippen LogP) is 5.76. The second kappa shape index (κ2) is 8.40. The fourth-order valence-electron chi connectivity index (χ4n) is 4.22. The Bertz CT molecular complexity index is 1480. The molecule has 0 N–H and O–H groups in total. The molecule has 0 amide bonds. The highest BCUT2D eigenvalue weighted by atomic mass is 32.2. The van der Waals surface area contributed by atoms with Gasteiger partial charge in [0.2, 0.25) is 0 Å². The van der Waals surface area contributed by atoms with Crippen LogP contribution in [0.25, 0.3) is 5.57 Å². The maximum Gasteiger partial charge on any atom is 0.265 e. The molecule has 1 aliphatic heterocycles. The van der Waals surface area contributed by atoms with Gasteiger partial charge in [0, 0.05) is 28.1 Å². The molecule has 0 atom stereocenters. The summed E-state index contributed by atoms with van der Waals surface area (Å²) in [6.45, 7) is 9.75. The summed E-state index contributed by atoms with van der Waals surface area (Å²) in [6.07, 6.45) is 0. The quantitative estimate of drug-likeness (QED) is 0.463. The Labute approximate surface area is 202 Å². The first-order valence-electron chi connectivity index (χ1n) is 11.1. The van der Waals surface area contributed by atoms with Crippen molar-refractivity contribution in [2.45, 2.75) is 55.9 Å². The van der Waals surface area contributed by atoms with Crippen LogP contribution in [-0.4, -0.2) is 22.9 Å². The van der Waals surface area contributed by atoms with Crippen molar-refractivity contribution < 1.29 is 16.8 Å². The van der Waals surface area contributed by atoms with Gasteiger partial charge in [0.05, 0.1) is 15.5 Å². The number of sulfone groups is 1. The molecule has 1 heterocycles. The largest absolute Gasteiger partial charge is 0.265 e. The highest BCUT2D eigenvalue weighted by Crippen LogP contribution is 2.44. The molecule has 0 radical (unpaired) electrons. The minimum Gasteiger partial charge on any atom is -0.263 e. The normalized spacial score (nSPS) is 16.8. The van der Waals surface area contributed by atoms with Crippen LogP contribution in [0.2, 0.25) is 0 Å². The van der Waals surface area contributed by atoms with E-state index in [1.807, 2.05) is 46.8 Å². The van der Waals surface area contributed by atoms with E-state index in [9.17, 15) is 16.8 Å². The maximum absolute atomic E-state index is 13.9. The summed E-state index contributed by atoms with van der Waals surface area (Å²) in [5.74, 6) is 0. The zero-order chi connectivity index (χ0) is 24.9. The lowest BCUT2D eigenvalue weighted by Gasteiger charge is -2.28. The van der Waals surface area contributed by atoms with Crippen molar-refractivity contribution in [3.8, 4) is 0 Å². The number of rotatable bonds is 3. The van der Waals surface area contributed by atoms with Crippen LogP contribution in [0.1, 0.15) is 51.3 Å². The third-order valence-corrected chi connectivity index (χ3v) is 9.44. The van der Waals surface area contributed by atoms with Crippen molar-refractivity contribution in [2.75, 3.05) is 4.31 Å². The predicted molar refractivity (Wildman–Crippen MR) is 137 cm³/mol. The molecule has 0 fully saturated rings. The van der Waals surface area contributed by atoms with Crippen molar-refractivity contribution in [3.63, 3.8) is 0 Å². The van der Waals surface area contributed by atoms with Crippen molar-refractivity contribution >= 4 is 31.1 Å². The number of sulfonamides is 1. The Hall–Kier alpha value is -2.90. The van der Waals surface area contributed by atoms with Crippen LogP contribution < -0.4 is 4.31 Å². The van der Waals surface area contributed by atoms with Crippen LogP contribution in [0.15, 0.2) is 88.0 Å². The lowest BCUT2D eigenvalue weighted by Crippen LogP contribution is -2.37. The van der Waals surface area contributed by atoms with Crippen LogP contribution in [0.4, 0.5) is 5.69 Å². The van der Waals surface area contributed by atoms with E-state index in [1.165, 1.54) is 9.71 Å². The molecule has 4 rings (SSSR count). The van der Waals surface area contributed by atoms with E-state index >= 15 is 0 Å². The molecule has 3 aromatic carbocycles. The molecule has 0 unspecified atom stereocenters. The smallest absolute Gasteiger partial charge is 0.263 e. The molecule has 178 valence electrons. The molecule has 5 nitrogen and oxygen atoms in total. The summed E-state index contributed by atoms with van der Waals surface area (Å²) in [5, 5.41) is 1.21. The maximum atomic E-state index is 13.9. The van der Waals surface area contributed by atoms with Gasteiger partial charge in [-0.1, -0.05) is 63.2 Å². The Kier molecular flexibility index (Phi) is 5.98. The van der Waals surface area contributed by atoms with Gasteiger partial charge in [0.15, 0.2) is 9.84 Å². The molecule has 0 saturated heterocycles. The van der Waals surface area contributed by atoms with Gasteiger partial charge in [-0.2, -0.15) is 0 Å². The van der Waals surface area contributed by atoms with Crippen molar-refractivity contribution in [1.82, 2.24) is 0 Å². The number of para-hydroxylation sites is 1. The molecule has 0 aliphatic carbocycles. The number of hydrogen-bond donors (Lipinski definition) is 0. The minimum absolute atomic E-state index is 0.0971. The molecule has 7 heteroatoms. The Morgan fingerprint density at radius 2 is 1.47 bits per heavy atom. The lowest BCUT2D eigenvalue weighted by atomic mass is 9.84. The van der Waals surface area contributed by atoms with Gasteiger partial charge < -0.3 is 0 Å². The Morgan fingerprint density at radius 1 is 0.853 bits per heavy atom. The van der Waals surface area contributed by atoms with E-state index in [-0.39, 0.29) is 21.2 Å². The standard InChI is InChI=1S/C27H29NO4S2/c1-19(2)28-25-14-10-9-13-22(25)24(18-33(29,30)21-11-7-6-8-12-21)23-17-20(27(3,4)5)15-16-26(23)34(28,31)32/h6-19H,1-5H3/b24-18+. The van der Waals surface area contributed by atoms with Crippen molar-refractivity contribution in [1.29, 1.82) is 0 Å². The molecule has 1 aliphatic rings. The molecule has 0 saturated carbocycles. The first kappa shape index (κ1) is 24.2. The molecular formula is C27H29NO4S2. The number of hydrogen-bond acceptors (Lipinski definition) is 4. The fraction of sp³-hybridized carbons (Fsp3) is 0.259. The second-order valence-corrected chi connectivity index (χ2v) is 13.3. The topological polar surface area (TPSA) is 71.5 Å². The molecule has 0 aromatic heterocycles. The van der Waals surface area contributed by atoms with Crippen molar-refractivity contribution in [3.05, 3.63) is 94.9 Å². The SMILES string of the molecule is CC(C)N1c2ccccc2/C(=C\S(=O)(=O)c2ccccc2)c2cc(C(C)(C)C)ccc2S1(=O)=O. The number of benzene rings is 3. The third kappa shape index (κ3) is 4.18. The zero-order valence-electron chi connectivity index (χ0n) is 20.0. The summed E-state index contributed by atoms with van der Waals surface area (Å²) in [5.41, 5.74) is 2.44. The summed E-state index contributed by atoms with van der Waals surface area (Å²) in [7, 11) is -7.81. The van der Waals surface area contributed by atoms with Gasteiger partial charge in [-0.05, 0) is 55.2 Å². The molecule has 0 bridgehead atoms. The van der Waals surface area contributed by atoms with Gasteiger partial charge in [0.1, 0.15) is 0 Å². The van der Waals surface area contributed by atoms with Gasteiger partial charge in [-0.25, -0.2) is 16.8 Å². The van der Waals surface area contributed by atoms with E-state index in [0.717, 1.165) is 5.56 Å². The summed E-state index contributed by atoms with van der Waals surface area (Å²) >= 11 is 0. The average molecular weight is 496 g/mol. The summed E-state index contributed by atoms with van der Waals surface area (Å²) in [4.78, 5) is 0.251. The lowest BCUT2D eigenvalue weighted by molar-refractivity contribution is 0.580. The molecule has 0 spiro atoms. The Morgan fingerprint density at radius 3 is 2.09 bits per heavy atom. The molecular weight excluding hydrogens is 466 g/mol. The van der Waals surface area contributed by atoms with Gasteiger partial charge in [-0.3, -0.25) is 4.31 Å². The van der Waals surface area contributed by atoms with E-state index in [0.29, 0.717) is 22.4 Å². The summed E-state index contributed by atoms with van der Waals surface area (Å²) in [6, 6.07) is 20.1. The van der Waals surface area contributed by atoms with Crippen LogP contribution >= 0.6 is 0 Å². The number of nitrogens with zero attached hydrogens (tertiary/aromatic N) is 1. The van der Waals surface area contributed by atoms with Crippen LogP contribution in [0.5, 0.6) is 0 Å². The number of fused-ring (bicyclic) bond motifs is 2.